The fraction of sp³-hybridized carbons (Fsp3) is 0.273. The minimum atomic E-state index is -0.811. The zero-order valence-corrected chi connectivity index (χ0v) is 8.07. The smallest absolute Gasteiger partial charge is 0.109 e. The maximum Gasteiger partial charge on any atom is 0.109 e. The van der Waals surface area contributed by atoms with Gasteiger partial charge in [0.25, 0.3) is 0 Å². The summed E-state index contributed by atoms with van der Waals surface area (Å²) in [4.78, 5) is 3.16. The lowest BCUT2D eigenvalue weighted by Gasteiger charge is -2.13. The number of aromatic amines is 1. The van der Waals surface area contributed by atoms with Crippen molar-refractivity contribution in [3.63, 3.8) is 0 Å². The molecule has 4 N–H and O–H groups in total. The molecule has 0 fully saturated rings. The predicted molar refractivity (Wildman–Crippen MR) is 56.9 cm³/mol. The Kier molecular flexibility index (Phi) is 2.27. The number of hydrogen-bond donors (Lipinski definition) is 3. The van der Waals surface area contributed by atoms with Crippen molar-refractivity contribution in [1.82, 2.24) is 4.98 Å². The summed E-state index contributed by atoms with van der Waals surface area (Å²) in [6.45, 7) is 1.92. The maximum absolute atomic E-state index is 9.32. The van der Waals surface area contributed by atoms with Crippen LogP contribution in [0, 0.1) is 0 Å². The quantitative estimate of drug-likeness (QED) is 0.629. The summed E-state index contributed by atoms with van der Waals surface area (Å²) in [5.41, 5.74) is 7.60. The van der Waals surface area contributed by atoms with Gasteiger partial charge in [0, 0.05) is 23.0 Å². The first kappa shape index (κ1) is 9.24. The van der Waals surface area contributed by atoms with Gasteiger partial charge in [-0.1, -0.05) is 25.1 Å². The van der Waals surface area contributed by atoms with E-state index in [1.54, 1.807) is 0 Å². The molecular formula is C11H14N2O. The molecule has 74 valence electrons. The average molecular weight is 190 g/mol. The second-order valence-electron chi connectivity index (χ2n) is 3.57. The van der Waals surface area contributed by atoms with Crippen molar-refractivity contribution in [2.75, 3.05) is 0 Å². The number of H-pyrrole nitrogens is 1. The van der Waals surface area contributed by atoms with Crippen LogP contribution in [0.3, 0.4) is 0 Å². The fourth-order valence-corrected chi connectivity index (χ4v) is 1.65. The van der Waals surface area contributed by atoms with E-state index in [9.17, 15) is 5.11 Å². The van der Waals surface area contributed by atoms with Crippen LogP contribution in [0.1, 0.15) is 18.4 Å². The number of fused-ring (bicyclic) bond motifs is 1. The highest BCUT2D eigenvalue weighted by molar-refractivity contribution is 5.83. The van der Waals surface area contributed by atoms with Crippen molar-refractivity contribution in [1.29, 1.82) is 0 Å². The van der Waals surface area contributed by atoms with E-state index in [1.807, 2.05) is 37.4 Å². The Morgan fingerprint density at radius 1 is 1.36 bits per heavy atom. The molecule has 1 heterocycles. The van der Waals surface area contributed by atoms with Crippen LogP contribution >= 0.6 is 0 Å². The number of benzene rings is 1. The lowest BCUT2D eigenvalue weighted by Crippen LogP contribution is -2.25. The summed E-state index contributed by atoms with van der Waals surface area (Å²) >= 11 is 0. The number of nitrogens with one attached hydrogen (secondary N) is 1. The van der Waals surface area contributed by atoms with Gasteiger partial charge in [-0.2, -0.15) is 0 Å². The first-order valence-corrected chi connectivity index (χ1v) is 4.70. The van der Waals surface area contributed by atoms with E-state index in [0.717, 1.165) is 16.5 Å². The Morgan fingerprint density at radius 2 is 2.07 bits per heavy atom. The van der Waals surface area contributed by atoms with E-state index in [2.05, 4.69) is 4.98 Å². The molecule has 0 bridgehead atoms. The molecule has 0 aliphatic heterocycles. The van der Waals surface area contributed by atoms with Gasteiger partial charge in [-0.05, 0) is 11.6 Å². The SMILES string of the molecule is CC(c1c[nH]c2ccccc12)C(N)O. The molecule has 1 aromatic carbocycles. The lowest BCUT2D eigenvalue weighted by molar-refractivity contribution is 0.157. The molecule has 0 saturated carbocycles. The highest BCUT2D eigenvalue weighted by atomic mass is 16.3. The standard InChI is InChI=1S/C11H14N2O/c1-7(11(12)14)9-6-13-10-5-3-2-4-8(9)10/h2-7,11,13-14H,12H2,1H3. The molecule has 2 unspecified atom stereocenters. The van der Waals surface area contributed by atoms with Crippen LogP contribution in [0.25, 0.3) is 10.9 Å². The normalized spacial score (nSPS) is 15.6. The molecule has 3 nitrogen and oxygen atoms in total. The van der Waals surface area contributed by atoms with E-state index in [-0.39, 0.29) is 5.92 Å². The molecule has 0 aliphatic carbocycles. The molecule has 2 aromatic rings. The second kappa shape index (κ2) is 3.44. The van der Waals surface area contributed by atoms with Crippen LogP contribution in [0.2, 0.25) is 0 Å². The van der Waals surface area contributed by atoms with Crippen LogP contribution in [0.15, 0.2) is 30.5 Å². The zero-order chi connectivity index (χ0) is 10.1. The molecule has 0 aliphatic rings. The topological polar surface area (TPSA) is 62.0 Å². The van der Waals surface area contributed by atoms with Crippen LogP contribution in [-0.2, 0) is 0 Å². The van der Waals surface area contributed by atoms with Gasteiger partial charge < -0.3 is 15.8 Å². The summed E-state index contributed by atoms with van der Waals surface area (Å²) in [5, 5.41) is 10.4. The molecule has 2 rings (SSSR count). The minimum absolute atomic E-state index is 0.0499. The van der Waals surface area contributed by atoms with Gasteiger partial charge in [-0.25, -0.2) is 0 Å². The summed E-state index contributed by atoms with van der Waals surface area (Å²) in [6.07, 6.45) is 1.10. The molecule has 0 radical (unpaired) electrons. The highest BCUT2D eigenvalue weighted by Gasteiger charge is 2.15. The van der Waals surface area contributed by atoms with E-state index in [0.29, 0.717) is 0 Å². The van der Waals surface area contributed by atoms with Gasteiger partial charge in [-0.3, -0.25) is 0 Å². The summed E-state index contributed by atoms with van der Waals surface area (Å²) in [6, 6.07) is 8.00. The van der Waals surface area contributed by atoms with Crippen LogP contribution in [0.4, 0.5) is 0 Å². The van der Waals surface area contributed by atoms with Gasteiger partial charge >= 0.3 is 0 Å². The van der Waals surface area contributed by atoms with Crippen molar-refractivity contribution in [2.24, 2.45) is 5.73 Å². The largest absolute Gasteiger partial charge is 0.378 e. The van der Waals surface area contributed by atoms with Crippen molar-refractivity contribution in [2.45, 2.75) is 19.1 Å². The number of aromatic nitrogens is 1. The third-order valence-electron chi connectivity index (χ3n) is 2.62. The molecule has 0 saturated heterocycles. The van der Waals surface area contributed by atoms with Crippen molar-refractivity contribution < 1.29 is 5.11 Å². The third-order valence-corrected chi connectivity index (χ3v) is 2.62. The Morgan fingerprint density at radius 3 is 2.79 bits per heavy atom. The summed E-state index contributed by atoms with van der Waals surface area (Å²) in [5.74, 6) is -0.0499. The summed E-state index contributed by atoms with van der Waals surface area (Å²) in [7, 11) is 0. The Bertz CT molecular complexity index is 434. The predicted octanol–water partition coefficient (Wildman–Crippen LogP) is 1.55. The van der Waals surface area contributed by atoms with Gasteiger partial charge in [0.05, 0.1) is 0 Å². The first-order valence-electron chi connectivity index (χ1n) is 4.70. The fourth-order valence-electron chi connectivity index (χ4n) is 1.65. The Balaban J connectivity index is 2.53. The molecule has 0 spiro atoms. The number of hydrogen-bond acceptors (Lipinski definition) is 2. The van der Waals surface area contributed by atoms with Crippen LogP contribution < -0.4 is 5.73 Å². The Hall–Kier alpha value is -1.32. The number of aliphatic hydroxyl groups is 1. The number of rotatable bonds is 2. The minimum Gasteiger partial charge on any atom is -0.378 e. The van der Waals surface area contributed by atoms with Gasteiger partial charge in [0.2, 0.25) is 0 Å². The van der Waals surface area contributed by atoms with Crippen LogP contribution in [-0.4, -0.2) is 16.3 Å². The molecule has 2 atom stereocenters. The Labute approximate surface area is 82.6 Å². The molecule has 1 aromatic heterocycles. The van der Waals surface area contributed by atoms with Gasteiger partial charge in [0.15, 0.2) is 0 Å². The third kappa shape index (κ3) is 1.41. The lowest BCUT2D eigenvalue weighted by atomic mass is 9.99. The highest BCUT2D eigenvalue weighted by Crippen LogP contribution is 2.25. The van der Waals surface area contributed by atoms with E-state index < -0.39 is 6.23 Å². The van der Waals surface area contributed by atoms with E-state index in [4.69, 9.17) is 5.73 Å². The van der Waals surface area contributed by atoms with Gasteiger partial charge in [0.1, 0.15) is 6.23 Å². The van der Waals surface area contributed by atoms with E-state index in [1.165, 1.54) is 0 Å². The van der Waals surface area contributed by atoms with Gasteiger partial charge in [-0.15, -0.1) is 0 Å². The second-order valence-corrected chi connectivity index (χ2v) is 3.57. The monoisotopic (exact) mass is 190 g/mol. The first-order chi connectivity index (χ1) is 6.70. The molecule has 0 amide bonds. The number of aliphatic hydroxyl groups excluding tert-OH is 1. The zero-order valence-electron chi connectivity index (χ0n) is 8.07. The average Bonchev–Trinajstić information content (AvgIpc) is 2.60. The number of nitrogens with two attached hydrogens (primary N) is 1. The van der Waals surface area contributed by atoms with E-state index >= 15 is 0 Å². The van der Waals surface area contributed by atoms with Crippen LogP contribution in [0.5, 0.6) is 0 Å². The number of para-hydroxylation sites is 1. The molecular weight excluding hydrogens is 176 g/mol. The summed E-state index contributed by atoms with van der Waals surface area (Å²) < 4.78 is 0. The van der Waals surface area contributed by atoms with Crippen molar-refractivity contribution >= 4 is 10.9 Å². The van der Waals surface area contributed by atoms with Crippen molar-refractivity contribution in [3.8, 4) is 0 Å². The van der Waals surface area contributed by atoms with Crippen molar-refractivity contribution in [3.05, 3.63) is 36.0 Å². The molecule has 3 heteroatoms. The maximum atomic E-state index is 9.32. The molecule has 14 heavy (non-hydrogen) atoms.